The van der Waals surface area contributed by atoms with E-state index in [-0.39, 0.29) is 23.2 Å². The maximum Gasteiger partial charge on any atom is 0.282 e. The van der Waals surface area contributed by atoms with Crippen molar-refractivity contribution < 1.29 is 14.5 Å². The zero-order valence-electron chi connectivity index (χ0n) is 17.6. The lowest BCUT2D eigenvalue weighted by atomic mass is 10.1. The standard InChI is InChI=1S/C22H28N4O4/c1-24(2)21(16-6-9-18(30-3)10-7-16)15-23-17-8-11-20(26(28)29)19(14-17)22(27)25-12-4-5-13-25/h6-11,14,21,23H,4-5,12-13,15H2,1-3H3. The number of hydrogen-bond donors (Lipinski definition) is 1. The molecule has 1 unspecified atom stereocenters. The van der Waals surface area contributed by atoms with Gasteiger partial charge in [0.1, 0.15) is 11.3 Å². The Balaban J connectivity index is 1.79. The van der Waals surface area contributed by atoms with Crippen molar-refractivity contribution in [2.24, 2.45) is 0 Å². The van der Waals surface area contributed by atoms with Gasteiger partial charge in [0.15, 0.2) is 0 Å². The van der Waals surface area contributed by atoms with Gasteiger partial charge in [-0.2, -0.15) is 0 Å². The number of carbonyl (C=O) groups is 1. The van der Waals surface area contributed by atoms with Crippen molar-refractivity contribution in [3.63, 3.8) is 0 Å². The van der Waals surface area contributed by atoms with Gasteiger partial charge in [-0.05, 0) is 56.8 Å². The molecule has 1 atom stereocenters. The minimum absolute atomic E-state index is 0.0730. The van der Waals surface area contributed by atoms with Crippen molar-refractivity contribution in [2.75, 3.05) is 46.2 Å². The molecule has 2 aromatic rings. The van der Waals surface area contributed by atoms with E-state index in [1.54, 1.807) is 24.1 Å². The molecule has 2 aromatic carbocycles. The number of nitro benzene ring substituents is 1. The van der Waals surface area contributed by atoms with E-state index >= 15 is 0 Å². The highest BCUT2D eigenvalue weighted by Crippen LogP contribution is 2.27. The Labute approximate surface area is 176 Å². The fourth-order valence-corrected chi connectivity index (χ4v) is 3.71. The maximum absolute atomic E-state index is 12.8. The van der Waals surface area contributed by atoms with Gasteiger partial charge in [-0.15, -0.1) is 0 Å². The first-order chi connectivity index (χ1) is 14.4. The van der Waals surface area contributed by atoms with Crippen LogP contribution in [0, 0.1) is 10.1 Å². The van der Waals surface area contributed by atoms with Gasteiger partial charge in [-0.1, -0.05) is 12.1 Å². The molecule has 0 aliphatic carbocycles. The number of hydrogen-bond acceptors (Lipinski definition) is 6. The van der Waals surface area contributed by atoms with Crippen LogP contribution in [0.25, 0.3) is 0 Å². The summed E-state index contributed by atoms with van der Waals surface area (Å²) < 4.78 is 5.23. The number of nitrogens with one attached hydrogen (secondary N) is 1. The van der Waals surface area contributed by atoms with Crippen LogP contribution in [0.15, 0.2) is 42.5 Å². The molecular weight excluding hydrogens is 384 g/mol. The van der Waals surface area contributed by atoms with E-state index in [4.69, 9.17) is 4.74 Å². The van der Waals surface area contributed by atoms with E-state index in [0.717, 1.165) is 24.2 Å². The smallest absolute Gasteiger partial charge is 0.282 e. The molecule has 1 aliphatic rings. The lowest BCUT2D eigenvalue weighted by molar-refractivity contribution is -0.385. The van der Waals surface area contributed by atoms with Crippen LogP contribution >= 0.6 is 0 Å². The molecule has 1 heterocycles. The molecular formula is C22H28N4O4. The SMILES string of the molecule is COc1ccc(C(CNc2ccc([N+](=O)[O-])c(C(=O)N3CCCC3)c2)N(C)C)cc1. The molecule has 8 heteroatoms. The topological polar surface area (TPSA) is 87.9 Å². The van der Waals surface area contributed by atoms with Gasteiger partial charge in [0.05, 0.1) is 18.1 Å². The average Bonchev–Trinajstić information content (AvgIpc) is 3.28. The maximum atomic E-state index is 12.8. The van der Waals surface area contributed by atoms with Gasteiger partial charge in [-0.3, -0.25) is 14.9 Å². The Bertz CT molecular complexity index is 893. The quantitative estimate of drug-likeness (QED) is 0.527. The number of nitro groups is 1. The summed E-state index contributed by atoms with van der Waals surface area (Å²) in [6.07, 6.45) is 1.87. The summed E-state index contributed by atoms with van der Waals surface area (Å²) in [4.78, 5) is 27.6. The average molecular weight is 412 g/mol. The van der Waals surface area contributed by atoms with E-state index in [1.165, 1.54) is 6.07 Å². The lowest BCUT2D eigenvalue weighted by Crippen LogP contribution is -2.29. The molecule has 0 aromatic heterocycles. The Morgan fingerprint density at radius 2 is 1.87 bits per heavy atom. The summed E-state index contributed by atoms with van der Waals surface area (Å²) in [6.45, 7) is 1.87. The van der Waals surface area contributed by atoms with Crippen molar-refractivity contribution in [2.45, 2.75) is 18.9 Å². The fourth-order valence-electron chi connectivity index (χ4n) is 3.71. The van der Waals surface area contributed by atoms with E-state index in [1.807, 2.05) is 38.4 Å². The Morgan fingerprint density at radius 1 is 1.20 bits per heavy atom. The van der Waals surface area contributed by atoms with Crippen LogP contribution in [-0.2, 0) is 0 Å². The lowest BCUT2D eigenvalue weighted by Gasteiger charge is -2.26. The van der Waals surface area contributed by atoms with Crippen molar-refractivity contribution in [1.29, 1.82) is 0 Å². The zero-order chi connectivity index (χ0) is 21.7. The minimum atomic E-state index is -0.493. The molecule has 1 N–H and O–H groups in total. The van der Waals surface area contributed by atoms with Crippen molar-refractivity contribution in [1.82, 2.24) is 9.80 Å². The molecule has 0 spiro atoms. The molecule has 0 bridgehead atoms. The van der Waals surface area contributed by atoms with Crippen molar-refractivity contribution in [3.8, 4) is 5.75 Å². The molecule has 30 heavy (non-hydrogen) atoms. The summed E-state index contributed by atoms with van der Waals surface area (Å²) >= 11 is 0. The first-order valence-electron chi connectivity index (χ1n) is 10.0. The van der Waals surface area contributed by atoms with Crippen LogP contribution in [0.1, 0.15) is 34.8 Å². The normalized spacial score (nSPS) is 14.6. The summed E-state index contributed by atoms with van der Waals surface area (Å²) in [7, 11) is 5.62. The summed E-state index contributed by atoms with van der Waals surface area (Å²) in [5.41, 5.74) is 1.78. The van der Waals surface area contributed by atoms with Crippen LogP contribution in [0.3, 0.4) is 0 Å². The number of rotatable bonds is 8. The van der Waals surface area contributed by atoms with Gasteiger partial charge in [0.2, 0.25) is 0 Å². The van der Waals surface area contributed by atoms with Crippen LogP contribution in [0.5, 0.6) is 5.75 Å². The molecule has 160 valence electrons. The molecule has 3 rings (SSSR count). The first-order valence-corrected chi connectivity index (χ1v) is 10.0. The molecule has 1 saturated heterocycles. The Kier molecular flexibility index (Phi) is 6.89. The van der Waals surface area contributed by atoms with E-state index in [0.29, 0.717) is 25.3 Å². The predicted molar refractivity (Wildman–Crippen MR) is 116 cm³/mol. The molecule has 0 saturated carbocycles. The second-order valence-electron chi connectivity index (χ2n) is 7.62. The van der Waals surface area contributed by atoms with Crippen LogP contribution in [0.4, 0.5) is 11.4 Å². The van der Waals surface area contributed by atoms with E-state index in [2.05, 4.69) is 10.2 Å². The number of benzene rings is 2. The van der Waals surface area contributed by atoms with E-state index < -0.39 is 4.92 Å². The molecule has 1 amide bonds. The van der Waals surface area contributed by atoms with Gasteiger partial charge < -0.3 is 19.9 Å². The highest BCUT2D eigenvalue weighted by Gasteiger charge is 2.27. The summed E-state index contributed by atoms with van der Waals surface area (Å²) in [6, 6.07) is 12.6. The van der Waals surface area contributed by atoms with Crippen LogP contribution in [-0.4, -0.2) is 61.5 Å². The number of likely N-dealkylation sites (N-methyl/N-ethyl adjacent to an activating group) is 1. The highest BCUT2D eigenvalue weighted by molar-refractivity contribution is 5.99. The third kappa shape index (κ3) is 4.88. The third-order valence-electron chi connectivity index (χ3n) is 5.44. The highest BCUT2D eigenvalue weighted by atomic mass is 16.6. The minimum Gasteiger partial charge on any atom is -0.497 e. The van der Waals surface area contributed by atoms with Crippen molar-refractivity contribution in [3.05, 3.63) is 63.7 Å². The zero-order valence-corrected chi connectivity index (χ0v) is 17.6. The predicted octanol–water partition coefficient (Wildman–Crippen LogP) is 3.55. The van der Waals surface area contributed by atoms with Crippen LogP contribution in [0.2, 0.25) is 0 Å². The largest absolute Gasteiger partial charge is 0.497 e. The molecule has 1 aliphatic heterocycles. The van der Waals surface area contributed by atoms with Gasteiger partial charge in [0, 0.05) is 31.4 Å². The number of carbonyl (C=O) groups excluding carboxylic acids is 1. The number of amides is 1. The van der Waals surface area contributed by atoms with Gasteiger partial charge >= 0.3 is 0 Å². The number of ether oxygens (including phenoxy) is 1. The second kappa shape index (κ2) is 9.58. The van der Waals surface area contributed by atoms with Crippen molar-refractivity contribution >= 4 is 17.3 Å². The molecule has 0 radical (unpaired) electrons. The number of anilines is 1. The van der Waals surface area contributed by atoms with Gasteiger partial charge in [-0.25, -0.2) is 0 Å². The number of methoxy groups -OCH3 is 1. The summed E-state index contributed by atoms with van der Waals surface area (Å²) in [5, 5.41) is 14.8. The molecule has 8 nitrogen and oxygen atoms in total. The monoisotopic (exact) mass is 412 g/mol. The Morgan fingerprint density at radius 3 is 2.43 bits per heavy atom. The third-order valence-corrected chi connectivity index (χ3v) is 5.44. The fraction of sp³-hybridized carbons (Fsp3) is 0.409. The molecule has 1 fully saturated rings. The Hall–Kier alpha value is -3.13. The van der Waals surface area contributed by atoms with E-state index in [9.17, 15) is 14.9 Å². The number of likely N-dealkylation sites (tertiary alicyclic amines) is 1. The second-order valence-corrected chi connectivity index (χ2v) is 7.62. The first kappa shape index (κ1) is 21.6. The number of nitrogens with zero attached hydrogens (tertiary/aromatic N) is 3. The van der Waals surface area contributed by atoms with Gasteiger partial charge in [0.25, 0.3) is 11.6 Å². The summed E-state index contributed by atoms with van der Waals surface area (Å²) in [5.74, 6) is 0.520. The van der Waals surface area contributed by atoms with Crippen LogP contribution < -0.4 is 10.1 Å².